The molecule has 0 radical (unpaired) electrons. The van der Waals surface area contributed by atoms with Crippen LogP contribution >= 0.6 is 11.8 Å². The molecule has 3 N–H and O–H groups in total. The average molecular weight is 365 g/mol. The normalized spacial score (nSPS) is 10.7. The van der Waals surface area contributed by atoms with Crippen molar-refractivity contribution >= 4 is 40.2 Å². The molecule has 5 nitrogen and oxygen atoms in total. The SMILES string of the molecule is Cc1ccc2nc(C)c(C(=O)Nc3ccccc3SCC(N)=O)cc2c1. The standard InChI is InChI=1S/C20H19N3O2S/c1-12-7-8-16-14(9-12)10-15(13(2)22-16)20(25)23-17-5-3-4-6-18(17)26-11-19(21)24/h3-10H,11H2,1-2H3,(H2,21,24)(H,23,25). The molecule has 0 bridgehead atoms. The molecule has 2 aromatic carbocycles. The van der Waals surface area contributed by atoms with E-state index in [2.05, 4.69) is 10.3 Å². The van der Waals surface area contributed by atoms with Gasteiger partial charge in [-0.05, 0) is 44.2 Å². The number of pyridine rings is 1. The number of benzene rings is 2. The highest BCUT2D eigenvalue weighted by Gasteiger charge is 2.14. The van der Waals surface area contributed by atoms with Gasteiger partial charge >= 0.3 is 0 Å². The lowest BCUT2D eigenvalue weighted by molar-refractivity contribution is -0.115. The van der Waals surface area contributed by atoms with Crippen LogP contribution in [0.3, 0.4) is 0 Å². The van der Waals surface area contributed by atoms with Crippen LogP contribution in [0.1, 0.15) is 21.6 Å². The van der Waals surface area contributed by atoms with E-state index in [1.807, 2.05) is 56.3 Å². The topological polar surface area (TPSA) is 85.1 Å². The van der Waals surface area contributed by atoms with Crippen molar-refractivity contribution in [2.75, 3.05) is 11.1 Å². The Morgan fingerprint density at radius 2 is 1.88 bits per heavy atom. The first-order valence-corrected chi connectivity index (χ1v) is 9.12. The lowest BCUT2D eigenvalue weighted by Crippen LogP contribution is -2.16. The van der Waals surface area contributed by atoms with E-state index in [9.17, 15) is 9.59 Å². The molecule has 2 amide bonds. The highest BCUT2D eigenvalue weighted by atomic mass is 32.2. The van der Waals surface area contributed by atoms with Crippen LogP contribution in [0, 0.1) is 13.8 Å². The molecule has 26 heavy (non-hydrogen) atoms. The molecule has 1 aromatic heterocycles. The molecule has 3 aromatic rings. The van der Waals surface area contributed by atoms with Gasteiger partial charge in [-0.15, -0.1) is 11.8 Å². The maximum absolute atomic E-state index is 12.8. The number of nitrogens with zero attached hydrogens (tertiary/aromatic N) is 1. The summed E-state index contributed by atoms with van der Waals surface area (Å²) in [5.74, 6) is -0.477. The maximum atomic E-state index is 12.8. The van der Waals surface area contributed by atoms with Gasteiger partial charge in [0.15, 0.2) is 0 Å². The molecule has 0 aliphatic heterocycles. The first kappa shape index (κ1) is 17.9. The minimum absolute atomic E-state index is 0.155. The second-order valence-corrected chi connectivity index (χ2v) is 7.04. The lowest BCUT2D eigenvalue weighted by atomic mass is 10.1. The first-order chi connectivity index (χ1) is 12.4. The quantitative estimate of drug-likeness (QED) is 0.676. The minimum atomic E-state index is -0.402. The Morgan fingerprint density at radius 1 is 1.12 bits per heavy atom. The van der Waals surface area contributed by atoms with E-state index in [0.29, 0.717) is 16.9 Å². The fourth-order valence-electron chi connectivity index (χ4n) is 2.66. The summed E-state index contributed by atoms with van der Waals surface area (Å²) in [6.07, 6.45) is 0. The summed E-state index contributed by atoms with van der Waals surface area (Å²) >= 11 is 1.30. The Morgan fingerprint density at radius 3 is 2.65 bits per heavy atom. The monoisotopic (exact) mass is 365 g/mol. The summed E-state index contributed by atoms with van der Waals surface area (Å²) in [5.41, 5.74) is 9.03. The minimum Gasteiger partial charge on any atom is -0.369 e. The van der Waals surface area contributed by atoms with Gasteiger partial charge in [0.2, 0.25) is 5.91 Å². The highest BCUT2D eigenvalue weighted by molar-refractivity contribution is 8.00. The average Bonchev–Trinajstić information content (AvgIpc) is 2.60. The van der Waals surface area contributed by atoms with Crippen LogP contribution in [0.5, 0.6) is 0 Å². The number of carbonyl (C=O) groups is 2. The molecule has 0 aliphatic carbocycles. The van der Waals surface area contributed by atoms with E-state index >= 15 is 0 Å². The molecule has 0 saturated carbocycles. The predicted molar refractivity (Wildman–Crippen MR) is 106 cm³/mol. The van der Waals surface area contributed by atoms with Crippen LogP contribution < -0.4 is 11.1 Å². The van der Waals surface area contributed by atoms with Crippen LogP contribution in [-0.2, 0) is 4.79 Å². The number of nitrogens with two attached hydrogens (primary N) is 1. The second-order valence-electron chi connectivity index (χ2n) is 6.02. The number of hydrogen-bond donors (Lipinski definition) is 2. The largest absolute Gasteiger partial charge is 0.369 e. The summed E-state index contributed by atoms with van der Waals surface area (Å²) in [4.78, 5) is 29.2. The molecule has 6 heteroatoms. The number of aromatic nitrogens is 1. The van der Waals surface area contributed by atoms with Gasteiger partial charge in [0.1, 0.15) is 0 Å². The molecular weight excluding hydrogens is 346 g/mol. The van der Waals surface area contributed by atoms with Crippen molar-refractivity contribution in [2.24, 2.45) is 5.73 Å². The molecule has 0 aliphatic rings. The van der Waals surface area contributed by atoms with Gasteiger partial charge < -0.3 is 11.1 Å². The number of para-hydroxylation sites is 1. The number of anilines is 1. The Kier molecular flexibility index (Phi) is 5.23. The van der Waals surface area contributed by atoms with Crippen molar-refractivity contribution in [3.63, 3.8) is 0 Å². The third kappa shape index (κ3) is 4.03. The van der Waals surface area contributed by atoms with Crippen LogP contribution in [-0.4, -0.2) is 22.6 Å². The van der Waals surface area contributed by atoms with Gasteiger partial charge in [-0.1, -0.05) is 23.8 Å². The van der Waals surface area contributed by atoms with Crippen molar-refractivity contribution in [3.05, 3.63) is 65.4 Å². The summed E-state index contributed by atoms with van der Waals surface area (Å²) in [6, 6.07) is 15.2. The zero-order valence-corrected chi connectivity index (χ0v) is 15.4. The number of rotatable bonds is 5. The molecule has 0 fully saturated rings. The van der Waals surface area contributed by atoms with E-state index in [0.717, 1.165) is 21.4 Å². The molecule has 0 unspecified atom stereocenters. The van der Waals surface area contributed by atoms with Crippen LogP contribution in [0.2, 0.25) is 0 Å². The van der Waals surface area contributed by atoms with Crippen LogP contribution in [0.4, 0.5) is 5.69 Å². The van der Waals surface area contributed by atoms with E-state index in [1.54, 1.807) is 6.07 Å². The van der Waals surface area contributed by atoms with Crippen LogP contribution in [0.25, 0.3) is 10.9 Å². The predicted octanol–water partition coefficient (Wildman–Crippen LogP) is 3.68. The summed E-state index contributed by atoms with van der Waals surface area (Å²) in [7, 11) is 0. The van der Waals surface area contributed by atoms with Gasteiger partial charge in [-0.2, -0.15) is 0 Å². The molecule has 0 spiro atoms. The van der Waals surface area contributed by atoms with Gasteiger partial charge in [0.05, 0.1) is 28.2 Å². The lowest BCUT2D eigenvalue weighted by Gasteiger charge is -2.12. The van der Waals surface area contributed by atoms with Gasteiger partial charge in [0, 0.05) is 10.3 Å². The van der Waals surface area contributed by atoms with Gasteiger partial charge in [-0.25, -0.2) is 0 Å². The van der Waals surface area contributed by atoms with Crippen molar-refractivity contribution in [1.82, 2.24) is 4.98 Å². The maximum Gasteiger partial charge on any atom is 0.257 e. The number of primary amides is 1. The van der Waals surface area contributed by atoms with E-state index in [-0.39, 0.29) is 11.7 Å². The Hall–Kier alpha value is -2.86. The molecule has 132 valence electrons. The molecule has 1 heterocycles. The van der Waals surface area contributed by atoms with E-state index < -0.39 is 5.91 Å². The Balaban J connectivity index is 1.90. The number of thioether (sulfide) groups is 1. The van der Waals surface area contributed by atoms with Crippen molar-refractivity contribution in [3.8, 4) is 0 Å². The number of amides is 2. The van der Waals surface area contributed by atoms with Crippen molar-refractivity contribution in [2.45, 2.75) is 18.7 Å². The van der Waals surface area contributed by atoms with Crippen molar-refractivity contribution in [1.29, 1.82) is 0 Å². The number of fused-ring (bicyclic) bond motifs is 1. The van der Waals surface area contributed by atoms with Gasteiger partial charge in [-0.3, -0.25) is 14.6 Å². The van der Waals surface area contributed by atoms with Gasteiger partial charge in [0.25, 0.3) is 5.91 Å². The smallest absolute Gasteiger partial charge is 0.257 e. The second kappa shape index (κ2) is 7.58. The number of aryl methyl sites for hydroxylation is 2. The summed E-state index contributed by atoms with van der Waals surface area (Å²) in [6.45, 7) is 3.83. The van der Waals surface area contributed by atoms with Crippen LogP contribution in [0.15, 0.2) is 53.4 Å². The van der Waals surface area contributed by atoms with Crippen molar-refractivity contribution < 1.29 is 9.59 Å². The molecule has 0 saturated heterocycles. The zero-order valence-electron chi connectivity index (χ0n) is 14.6. The number of hydrogen-bond acceptors (Lipinski definition) is 4. The first-order valence-electron chi connectivity index (χ1n) is 8.13. The Labute approximate surface area is 156 Å². The fraction of sp³-hybridized carbons (Fsp3) is 0.150. The summed E-state index contributed by atoms with van der Waals surface area (Å²) < 4.78 is 0. The number of nitrogens with one attached hydrogen (secondary N) is 1. The third-order valence-corrected chi connectivity index (χ3v) is 5.01. The zero-order chi connectivity index (χ0) is 18.7. The molecular formula is C20H19N3O2S. The molecule has 0 atom stereocenters. The fourth-order valence-corrected chi connectivity index (χ4v) is 3.40. The third-order valence-electron chi connectivity index (χ3n) is 3.91. The van der Waals surface area contributed by atoms with E-state index in [4.69, 9.17) is 5.73 Å². The Bertz CT molecular complexity index is 1000. The van der Waals surface area contributed by atoms with E-state index in [1.165, 1.54) is 11.8 Å². The number of carbonyl (C=O) groups excluding carboxylic acids is 2. The summed E-state index contributed by atoms with van der Waals surface area (Å²) in [5, 5.41) is 3.85. The highest BCUT2D eigenvalue weighted by Crippen LogP contribution is 2.27. The molecule has 3 rings (SSSR count).